The zero-order valence-corrected chi connectivity index (χ0v) is 10.5. The number of nitrogens with zero attached hydrogens (tertiary/aromatic N) is 1. The van der Waals surface area contributed by atoms with Gasteiger partial charge in [-0.25, -0.2) is 4.98 Å². The Morgan fingerprint density at radius 2 is 2.40 bits per heavy atom. The highest BCUT2D eigenvalue weighted by Crippen LogP contribution is 2.21. The minimum atomic E-state index is 0.168. The van der Waals surface area contributed by atoms with Gasteiger partial charge in [0.1, 0.15) is 5.82 Å². The minimum absolute atomic E-state index is 0.168. The molecule has 0 aliphatic heterocycles. The standard InChI is InChI=1S/C10H16BrN3O/c1-3-15-7(2)5-13-10-9(11)4-8(12)6-14-10/h4,6-7H,3,5,12H2,1-2H3,(H,13,14). The fourth-order valence-corrected chi connectivity index (χ4v) is 1.67. The lowest BCUT2D eigenvalue weighted by Gasteiger charge is -2.13. The highest BCUT2D eigenvalue weighted by molar-refractivity contribution is 9.10. The van der Waals surface area contributed by atoms with Crippen LogP contribution >= 0.6 is 15.9 Å². The lowest BCUT2D eigenvalue weighted by Crippen LogP contribution is -2.20. The van der Waals surface area contributed by atoms with Crippen LogP contribution in [0.15, 0.2) is 16.7 Å². The topological polar surface area (TPSA) is 60.2 Å². The molecule has 4 nitrogen and oxygen atoms in total. The first-order valence-electron chi connectivity index (χ1n) is 4.90. The Hall–Kier alpha value is -0.810. The summed E-state index contributed by atoms with van der Waals surface area (Å²) in [7, 11) is 0. The summed E-state index contributed by atoms with van der Waals surface area (Å²) in [6.07, 6.45) is 1.79. The average molecular weight is 274 g/mol. The Kier molecular flexibility index (Phi) is 4.84. The summed E-state index contributed by atoms with van der Waals surface area (Å²) in [5, 5.41) is 3.19. The molecule has 1 atom stereocenters. The molecule has 15 heavy (non-hydrogen) atoms. The van der Waals surface area contributed by atoms with Gasteiger partial charge in [0.15, 0.2) is 0 Å². The van der Waals surface area contributed by atoms with Crippen molar-refractivity contribution < 1.29 is 4.74 Å². The molecule has 0 saturated carbocycles. The third-order valence-corrected chi connectivity index (χ3v) is 2.47. The Labute approximate surface area is 98.3 Å². The van der Waals surface area contributed by atoms with Crippen LogP contribution in [0.3, 0.4) is 0 Å². The number of rotatable bonds is 5. The largest absolute Gasteiger partial charge is 0.397 e. The van der Waals surface area contributed by atoms with E-state index in [1.807, 2.05) is 19.9 Å². The van der Waals surface area contributed by atoms with Gasteiger partial charge < -0.3 is 15.8 Å². The quantitative estimate of drug-likeness (QED) is 0.864. The summed E-state index contributed by atoms with van der Waals surface area (Å²) in [5.74, 6) is 0.788. The van der Waals surface area contributed by atoms with Crippen LogP contribution in [0.4, 0.5) is 11.5 Å². The van der Waals surface area contributed by atoms with Crippen LogP contribution in [0.1, 0.15) is 13.8 Å². The summed E-state index contributed by atoms with van der Waals surface area (Å²) in [5.41, 5.74) is 6.23. The molecule has 1 unspecified atom stereocenters. The average Bonchev–Trinajstić information content (AvgIpc) is 2.17. The fourth-order valence-electron chi connectivity index (χ4n) is 1.17. The number of aromatic nitrogens is 1. The molecular weight excluding hydrogens is 258 g/mol. The van der Waals surface area contributed by atoms with Gasteiger partial charge in [-0.05, 0) is 35.8 Å². The Balaban J connectivity index is 2.50. The first-order valence-corrected chi connectivity index (χ1v) is 5.69. The van der Waals surface area contributed by atoms with Crippen LogP contribution in [-0.2, 0) is 4.74 Å². The molecule has 1 heterocycles. The van der Waals surface area contributed by atoms with Gasteiger partial charge in [0.2, 0.25) is 0 Å². The van der Waals surface area contributed by atoms with E-state index in [-0.39, 0.29) is 6.10 Å². The van der Waals surface area contributed by atoms with Crippen molar-refractivity contribution >= 4 is 27.4 Å². The molecule has 0 bridgehead atoms. The van der Waals surface area contributed by atoms with E-state index in [4.69, 9.17) is 10.5 Å². The van der Waals surface area contributed by atoms with Gasteiger partial charge in [0.25, 0.3) is 0 Å². The molecule has 0 aliphatic carbocycles. The number of hydrogen-bond acceptors (Lipinski definition) is 4. The van der Waals surface area contributed by atoms with E-state index < -0.39 is 0 Å². The highest BCUT2D eigenvalue weighted by Gasteiger charge is 2.04. The molecule has 0 fully saturated rings. The fraction of sp³-hybridized carbons (Fsp3) is 0.500. The van der Waals surface area contributed by atoms with Gasteiger partial charge in [0, 0.05) is 13.2 Å². The number of nitrogen functional groups attached to an aromatic ring is 1. The molecule has 1 aromatic rings. The normalized spacial score (nSPS) is 12.5. The van der Waals surface area contributed by atoms with Gasteiger partial charge in [-0.1, -0.05) is 0 Å². The van der Waals surface area contributed by atoms with E-state index in [1.54, 1.807) is 6.20 Å². The smallest absolute Gasteiger partial charge is 0.140 e. The van der Waals surface area contributed by atoms with E-state index in [9.17, 15) is 0 Å². The molecule has 0 amide bonds. The van der Waals surface area contributed by atoms with Crippen molar-refractivity contribution in [3.8, 4) is 0 Å². The summed E-state index contributed by atoms with van der Waals surface area (Å²) >= 11 is 3.39. The number of ether oxygens (including phenoxy) is 1. The maximum atomic E-state index is 5.59. The Morgan fingerprint density at radius 3 is 3.00 bits per heavy atom. The molecule has 0 saturated heterocycles. The molecule has 0 aromatic carbocycles. The summed E-state index contributed by atoms with van der Waals surface area (Å²) in [6.45, 7) is 5.44. The number of hydrogen-bond donors (Lipinski definition) is 2. The first-order chi connectivity index (χ1) is 7.13. The van der Waals surface area contributed by atoms with E-state index in [0.29, 0.717) is 5.69 Å². The Bertz CT molecular complexity index is 320. The van der Waals surface area contributed by atoms with Crippen LogP contribution in [0.5, 0.6) is 0 Å². The number of nitrogens with two attached hydrogens (primary N) is 1. The van der Waals surface area contributed by atoms with Crippen molar-refractivity contribution in [2.45, 2.75) is 20.0 Å². The van der Waals surface area contributed by atoms with Crippen molar-refractivity contribution in [1.29, 1.82) is 0 Å². The maximum absolute atomic E-state index is 5.59. The third-order valence-electron chi connectivity index (χ3n) is 1.87. The number of pyridine rings is 1. The zero-order valence-electron chi connectivity index (χ0n) is 8.96. The second-order valence-electron chi connectivity index (χ2n) is 3.25. The summed E-state index contributed by atoms with van der Waals surface area (Å²) in [4.78, 5) is 4.17. The van der Waals surface area contributed by atoms with Crippen molar-refractivity contribution in [1.82, 2.24) is 4.98 Å². The van der Waals surface area contributed by atoms with Crippen LogP contribution in [-0.4, -0.2) is 24.2 Å². The predicted octanol–water partition coefficient (Wildman–Crippen LogP) is 2.26. The lowest BCUT2D eigenvalue weighted by molar-refractivity contribution is 0.0855. The SMILES string of the molecule is CCOC(C)CNc1ncc(N)cc1Br. The van der Waals surface area contributed by atoms with E-state index in [0.717, 1.165) is 23.4 Å². The molecule has 0 spiro atoms. The zero-order chi connectivity index (χ0) is 11.3. The molecule has 0 radical (unpaired) electrons. The molecular formula is C10H16BrN3O. The van der Waals surface area contributed by atoms with Crippen molar-refractivity contribution in [2.24, 2.45) is 0 Å². The molecule has 5 heteroatoms. The van der Waals surface area contributed by atoms with Crippen LogP contribution in [0.25, 0.3) is 0 Å². The molecule has 3 N–H and O–H groups in total. The monoisotopic (exact) mass is 273 g/mol. The van der Waals surface area contributed by atoms with Crippen LogP contribution < -0.4 is 11.1 Å². The predicted molar refractivity (Wildman–Crippen MR) is 65.9 cm³/mol. The molecule has 84 valence electrons. The highest BCUT2D eigenvalue weighted by atomic mass is 79.9. The van der Waals surface area contributed by atoms with Crippen LogP contribution in [0, 0.1) is 0 Å². The van der Waals surface area contributed by atoms with Gasteiger partial charge in [-0.15, -0.1) is 0 Å². The van der Waals surface area contributed by atoms with Crippen molar-refractivity contribution in [3.05, 3.63) is 16.7 Å². The number of halogens is 1. The first kappa shape index (κ1) is 12.3. The lowest BCUT2D eigenvalue weighted by atomic mass is 10.3. The molecule has 1 rings (SSSR count). The molecule has 1 aromatic heterocycles. The number of nitrogens with one attached hydrogen (secondary N) is 1. The minimum Gasteiger partial charge on any atom is -0.397 e. The Morgan fingerprint density at radius 1 is 1.67 bits per heavy atom. The second-order valence-corrected chi connectivity index (χ2v) is 4.10. The van der Waals surface area contributed by atoms with Gasteiger partial charge in [-0.2, -0.15) is 0 Å². The van der Waals surface area contributed by atoms with Gasteiger partial charge >= 0.3 is 0 Å². The number of anilines is 2. The van der Waals surface area contributed by atoms with E-state index in [1.165, 1.54) is 0 Å². The second kappa shape index (κ2) is 5.92. The summed E-state index contributed by atoms with van der Waals surface area (Å²) in [6, 6.07) is 1.82. The summed E-state index contributed by atoms with van der Waals surface area (Å²) < 4.78 is 6.26. The van der Waals surface area contributed by atoms with Gasteiger partial charge in [0.05, 0.1) is 22.5 Å². The maximum Gasteiger partial charge on any atom is 0.140 e. The van der Waals surface area contributed by atoms with Crippen molar-refractivity contribution in [2.75, 3.05) is 24.2 Å². The van der Waals surface area contributed by atoms with Crippen molar-refractivity contribution in [3.63, 3.8) is 0 Å². The third kappa shape index (κ3) is 4.05. The molecule has 0 aliphatic rings. The van der Waals surface area contributed by atoms with Gasteiger partial charge in [-0.3, -0.25) is 0 Å². The van der Waals surface area contributed by atoms with E-state index in [2.05, 4.69) is 26.2 Å². The van der Waals surface area contributed by atoms with Crippen LogP contribution in [0.2, 0.25) is 0 Å². The van der Waals surface area contributed by atoms with E-state index >= 15 is 0 Å².